The van der Waals surface area contributed by atoms with Crippen LogP contribution in [-0.2, 0) is 16.2 Å². The molecule has 4 nitrogen and oxygen atoms in total. The van der Waals surface area contributed by atoms with Gasteiger partial charge in [0.1, 0.15) is 11.2 Å². The van der Waals surface area contributed by atoms with Gasteiger partial charge in [0.15, 0.2) is 0 Å². The molecule has 0 spiro atoms. The van der Waals surface area contributed by atoms with Gasteiger partial charge in [0.25, 0.3) is 6.71 Å². The summed E-state index contributed by atoms with van der Waals surface area (Å²) < 4.78 is 9.06. The van der Waals surface area contributed by atoms with Gasteiger partial charge in [0, 0.05) is 71.5 Å². The maximum atomic E-state index is 6.44. The van der Waals surface area contributed by atoms with E-state index in [1.807, 2.05) is 11.3 Å². The quantitative estimate of drug-likeness (QED) is 0.165. The fourth-order valence-corrected chi connectivity index (χ4v) is 14.8. The van der Waals surface area contributed by atoms with Crippen molar-refractivity contribution in [3.8, 4) is 0 Å². The standard InChI is InChI=1S/C65H60BN3OS/c1-39-33-55-60-56(34-39)68(52-20-16-19-46-45-18-11-13-22-59(45)71-61(46)52)54-38-43(69-51-29-24-40(62(2,3)4)35-48(51)64(8)31-14-15-32-65(64,69)9)25-28-50(54)66(60)49-27-23-41(63(5,6)7)36-53(49)67(55)42-26-30-58-47(37-42)44-17-10-12-21-57(44)70-58/h10-13,16-30,33-38H,14-15,31-32H2,1-9H3. The Kier molecular flexibility index (Phi) is 8.90. The molecule has 350 valence electrons. The fraction of sp³-hybridized carbons (Fsp3) is 0.262. The first-order valence-corrected chi connectivity index (χ1v) is 26.7. The number of anilines is 8. The van der Waals surface area contributed by atoms with Crippen LogP contribution >= 0.6 is 11.3 Å². The van der Waals surface area contributed by atoms with E-state index in [2.05, 4.69) is 229 Å². The zero-order valence-corrected chi connectivity index (χ0v) is 43.3. The van der Waals surface area contributed by atoms with Crippen LogP contribution in [0.5, 0.6) is 0 Å². The molecular weight excluding hydrogens is 882 g/mol. The Morgan fingerprint density at radius 1 is 0.521 bits per heavy atom. The van der Waals surface area contributed by atoms with E-state index in [4.69, 9.17) is 4.42 Å². The largest absolute Gasteiger partial charge is 0.456 e. The number of benzene rings is 8. The molecule has 1 saturated carbocycles. The monoisotopic (exact) mass is 941 g/mol. The molecule has 1 fully saturated rings. The van der Waals surface area contributed by atoms with Crippen LogP contribution in [0.25, 0.3) is 42.1 Å². The Hall–Kier alpha value is -6.76. The summed E-state index contributed by atoms with van der Waals surface area (Å²) in [4.78, 5) is 8.02. The second kappa shape index (κ2) is 14.7. The molecule has 0 N–H and O–H groups in total. The van der Waals surface area contributed by atoms with E-state index in [1.165, 1.54) is 118 Å². The van der Waals surface area contributed by atoms with Crippen LogP contribution in [0.3, 0.4) is 0 Å². The van der Waals surface area contributed by atoms with Crippen molar-refractivity contribution in [3.05, 3.63) is 174 Å². The second-order valence-corrected chi connectivity index (χ2v) is 24.8. The van der Waals surface area contributed by atoms with Crippen molar-refractivity contribution < 1.29 is 4.42 Å². The number of para-hydroxylation sites is 1. The van der Waals surface area contributed by atoms with Crippen LogP contribution in [0, 0.1) is 6.92 Å². The molecule has 2 atom stereocenters. The maximum Gasteiger partial charge on any atom is 0.252 e. The van der Waals surface area contributed by atoms with Crippen molar-refractivity contribution in [2.75, 3.05) is 14.7 Å². The van der Waals surface area contributed by atoms with Gasteiger partial charge in [-0.1, -0.05) is 140 Å². The van der Waals surface area contributed by atoms with E-state index in [9.17, 15) is 0 Å². The van der Waals surface area contributed by atoms with Crippen LogP contribution in [0.2, 0.25) is 0 Å². The number of aryl methyl sites for hydroxylation is 1. The van der Waals surface area contributed by atoms with Crippen LogP contribution in [-0.4, -0.2) is 12.3 Å². The average molecular weight is 942 g/mol. The topological polar surface area (TPSA) is 22.9 Å². The number of nitrogens with zero attached hydrogens (tertiary/aromatic N) is 3. The summed E-state index contributed by atoms with van der Waals surface area (Å²) in [5.41, 5.74) is 21.2. The Bertz CT molecular complexity index is 3900. The van der Waals surface area contributed by atoms with Crippen LogP contribution in [0.4, 0.5) is 45.5 Å². The maximum absolute atomic E-state index is 6.44. The fourth-order valence-electron chi connectivity index (χ4n) is 13.6. The van der Waals surface area contributed by atoms with Crippen LogP contribution in [0.15, 0.2) is 156 Å². The van der Waals surface area contributed by atoms with Crippen LogP contribution in [0.1, 0.15) is 103 Å². The molecule has 1 aliphatic carbocycles. The van der Waals surface area contributed by atoms with Gasteiger partial charge in [0.2, 0.25) is 0 Å². The molecule has 5 heterocycles. The third-order valence-corrected chi connectivity index (χ3v) is 18.7. The molecule has 0 bridgehead atoms. The Labute approximate surface area is 422 Å². The Morgan fingerprint density at radius 2 is 1.17 bits per heavy atom. The third-order valence-electron chi connectivity index (χ3n) is 17.5. The number of furan rings is 1. The van der Waals surface area contributed by atoms with E-state index in [0.717, 1.165) is 34.0 Å². The van der Waals surface area contributed by atoms with Gasteiger partial charge in [-0.3, -0.25) is 0 Å². The molecule has 71 heavy (non-hydrogen) atoms. The number of thiophene rings is 1. The summed E-state index contributed by atoms with van der Waals surface area (Å²) in [6.07, 6.45) is 4.84. The van der Waals surface area contributed by atoms with Crippen LogP contribution < -0.4 is 31.1 Å². The second-order valence-electron chi connectivity index (χ2n) is 23.7. The number of hydrogen-bond donors (Lipinski definition) is 0. The summed E-state index contributed by atoms with van der Waals surface area (Å²) in [5, 5.41) is 4.89. The first-order valence-electron chi connectivity index (χ1n) is 25.9. The predicted molar refractivity (Wildman–Crippen MR) is 306 cm³/mol. The molecule has 8 aromatic carbocycles. The lowest BCUT2D eigenvalue weighted by Crippen LogP contribution is -2.61. The number of hydrogen-bond acceptors (Lipinski definition) is 5. The molecule has 10 aromatic rings. The zero-order chi connectivity index (χ0) is 48.5. The van der Waals surface area contributed by atoms with Crippen molar-refractivity contribution in [3.63, 3.8) is 0 Å². The van der Waals surface area contributed by atoms with E-state index in [1.54, 1.807) is 0 Å². The normalized spacial score (nSPS) is 19.4. The molecule has 2 unspecified atom stereocenters. The first kappa shape index (κ1) is 43.1. The SMILES string of the molecule is Cc1cc2c3c(c1)N(c1cccc4c1sc1ccccc14)c1cc(N4c5ccc(C(C)(C)C)cc5C5(C)CCCCC45C)ccc1B3c1ccc(C(C)(C)C)cc1N2c1ccc2oc3ccccc3c2c1. The molecule has 14 rings (SSSR count). The van der Waals surface area contributed by atoms with Crippen molar-refractivity contribution in [1.29, 1.82) is 0 Å². The minimum atomic E-state index is -0.0896. The highest BCUT2D eigenvalue weighted by molar-refractivity contribution is 7.26. The highest BCUT2D eigenvalue weighted by Gasteiger charge is 2.58. The lowest BCUT2D eigenvalue weighted by molar-refractivity contribution is 0.195. The van der Waals surface area contributed by atoms with Gasteiger partial charge in [-0.05, 0) is 149 Å². The summed E-state index contributed by atoms with van der Waals surface area (Å²) in [5.74, 6) is 0. The molecule has 0 saturated heterocycles. The number of fused-ring (bicyclic) bond motifs is 13. The van der Waals surface area contributed by atoms with Crippen molar-refractivity contribution in [1.82, 2.24) is 0 Å². The lowest BCUT2D eigenvalue weighted by Gasteiger charge is -2.50. The average Bonchev–Trinajstić information content (AvgIpc) is 3.98. The molecule has 0 radical (unpaired) electrons. The summed E-state index contributed by atoms with van der Waals surface area (Å²) in [7, 11) is 0. The predicted octanol–water partition coefficient (Wildman–Crippen LogP) is 16.7. The lowest BCUT2D eigenvalue weighted by atomic mass is 9.33. The zero-order valence-electron chi connectivity index (χ0n) is 42.5. The van der Waals surface area contributed by atoms with Crippen molar-refractivity contribution in [2.24, 2.45) is 0 Å². The molecule has 0 amide bonds. The van der Waals surface area contributed by atoms with Crippen molar-refractivity contribution >= 4 is 122 Å². The molecule has 2 aromatic heterocycles. The molecule has 3 aliphatic heterocycles. The Balaban J connectivity index is 1.06. The van der Waals surface area contributed by atoms with E-state index in [0.29, 0.717) is 0 Å². The van der Waals surface area contributed by atoms with Gasteiger partial charge < -0.3 is 19.1 Å². The van der Waals surface area contributed by atoms with Gasteiger partial charge in [-0.25, -0.2) is 0 Å². The summed E-state index contributed by atoms with van der Waals surface area (Å²) >= 11 is 1.92. The van der Waals surface area contributed by atoms with Gasteiger partial charge in [-0.15, -0.1) is 11.3 Å². The van der Waals surface area contributed by atoms with Gasteiger partial charge in [0.05, 0.1) is 15.9 Å². The molecule has 6 heteroatoms. The first-order chi connectivity index (χ1) is 34.1. The highest BCUT2D eigenvalue weighted by atomic mass is 32.1. The summed E-state index contributed by atoms with van der Waals surface area (Å²) in [6.45, 7) is 21.5. The number of rotatable bonds is 3. The van der Waals surface area contributed by atoms with Gasteiger partial charge in [-0.2, -0.15) is 0 Å². The van der Waals surface area contributed by atoms with Crippen molar-refractivity contribution in [2.45, 2.75) is 110 Å². The van der Waals surface area contributed by atoms with Gasteiger partial charge >= 0.3 is 0 Å². The van der Waals surface area contributed by atoms with E-state index in [-0.39, 0.29) is 28.5 Å². The van der Waals surface area contributed by atoms with E-state index < -0.39 is 0 Å². The highest BCUT2D eigenvalue weighted by Crippen LogP contribution is 2.62. The smallest absolute Gasteiger partial charge is 0.252 e. The molecule has 4 aliphatic rings. The summed E-state index contributed by atoms with van der Waals surface area (Å²) in [6, 6.07) is 58.5. The molecular formula is C65H60BN3OS. The Morgan fingerprint density at radius 3 is 1.97 bits per heavy atom. The minimum Gasteiger partial charge on any atom is -0.456 e. The minimum absolute atomic E-state index is 0.00277. The van der Waals surface area contributed by atoms with E-state index >= 15 is 0 Å². The third kappa shape index (κ3) is 5.98.